The normalized spacial score (nSPS) is 17.5. The first-order chi connectivity index (χ1) is 9.03. The van der Waals surface area contributed by atoms with Crippen molar-refractivity contribution in [1.82, 2.24) is 4.72 Å². The van der Waals surface area contributed by atoms with Gasteiger partial charge in [0.05, 0.1) is 10.5 Å². The lowest BCUT2D eigenvalue weighted by molar-refractivity contribution is 0.362. The Morgan fingerprint density at radius 2 is 2.11 bits per heavy atom. The van der Waals surface area contributed by atoms with Gasteiger partial charge in [0.1, 0.15) is 6.07 Å². The molecule has 0 unspecified atom stereocenters. The van der Waals surface area contributed by atoms with E-state index in [1.807, 2.05) is 12.3 Å². The van der Waals surface area contributed by atoms with Gasteiger partial charge in [-0.1, -0.05) is 18.6 Å². The highest BCUT2D eigenvalue weighted by atomic mass is 32.2. The zero-order chi connectivity index (χ0) is 13.9. The Labute approximate surface area is 118 Å². The van der Waals surface area contributed by atoms with Crippen molar-refractivity contribution in [1.29, 1.82) is 5.26 Å². The van der Waals surface area contributed by atoms with Crippen LogP contribution in [0.1, 0.15) is 24.8 Å². The standard InChI is InChI=1S/C13H16N2O2S2/c1-18-13(7-4-8-13)10-15-19(16,17)12-6-3-2-5-11(12)9-14/h2-3,5-6,15H,4,7-8,10H2,1H3. The van der Waals surface area contributed by atoms with Gasteiger partial charge in [-0.15, -0.1) is 0 Å². The van der Waals surface area contributed by atoms with Gasteiger partial charge in [-0.3, -0.25) is 0 Å². The Hall–Kier alpha value is -1.03. The lowest BCUT2D eigenvalue weighted by Gasteiger charge is -2.40. The number of hydrogen-bond donors (Lipinski definition) is 1. The minimum Gasteiger partial charge on any atom is -0.210 e. The van der Waals surface area contributed by atoms with E-state index >= 15 is 0 Å². The summed E-state index contributed by atoms with van der Waals surface area (Å²) in [5.74, 6) is 0. The molecule has 4 nitrogen and oxygen atoms in total. The summed E-state index contributed by atoms with van der Waals surface area (Å²) in [4.78, 5) is 0.0630. The summed E-state index contributed by atoms with van der Waals surface area (Å²) in [7, 11) is -3.61. The number of thioether (sulfide) groups is 1. The summed E-state index contributed by atoms with van der Waals surface area (Å²) in [5, 5.41) is 8.97. The van der Waals surface area contributed by atoms with E-state index in [9.17, 15) is 8.42 Å². The van der Waals surface area contributed by atoms with E-state index in [0.717, 1.165) is 19.3 Å². The molecule has 0 radical (unpaired) electrons. The van der Waals surface area contributed by atoms with Gasteiger partial charge in [0.25, 0.3) is 0 Å². The molecule has 102 valence electrons. The molecular weight excluding hydrogens is 280 g/mol. The van der Waals surface area contributed by atoms with Crippen LogP contribution in [0.15, 0.2) is 29.2 Å². The van der Waals surface area contributed by atoms with Crippen LogP contribution in [0, 0.1) is 11.3 Å². The summed E-state index contributed by atoms with van der Waals surface area (Å²) in [6.07, 6.45) is 5.24. The number of sulfonamides is 1. The van der Waals surface area contributed by atoms with Crippen LogP contribution < -0.4 is 4.72 Å². The molecule has 0 saturated heterocycles. The zero-order valence-electron chi connectivity index (χ0n) is 10.7. The van der Waals surface area contributed by atoms with Gasteiger partial charge in [0, 0.05) is 11.3 Å². The molecule has 0 atom stereocenters. The van der Waals surface area contributed by atoms with Crippen LogP contribution in [-0.4, -0.2) is 26.0 Å². The third kappa shape index (κ3) is 2.94. The molecule has 0 aromatic heterocycles. The summed E-state index contributed by atoms with van der Waals surface area (Å²) in [5.41, 5.74) is 0.182. The smallest absolute Gasteiger partial charge is 0.210 e. The first kappa shape index (κ1) is 14.4. The predicted molar refractivity (Wildman–Crippen MR) is 76.4 cm³/mol. The molecular formula is C13H16N2O2S2. The lowest BCUT2D eigenvalue weighted by atomic mass is 9.84. The third-order valence-electron chi connectivity index (χ3n) is 3.58. The highest BCUT2D eigenvalue weighted by Crippen LogP contribution is 2.42. The lowest BCUT2D eigenvalue weighted by Crippen LogP contribution is -2.45. The second-order valence-corrected chi connectivity index (χ2v) is 7.68. The Bertz CT molecular complexity index is 596. The van der Waals surface area contributed by atoms with Gasteiger partial charge in [-0.05, 0) is 31.2 Å². The van der Waals surface area contributed by atoms with Crippen molar-refractivity contribution in [2.24, 2.45) is 0 Å². The van der Waals surface area contributed by atoms with E-state index in [0.29, 0.717) is 6.54 Å². The molecule has 1 aromatic carbocycles. The molecule has 0 spiro atoms. The first-order valence-corrected chi connectivity index (χ1v) is 8.78. The summed E-state index contributed by atoms with van der Waals surface area (Å²) in [6.45, 7) is 0.427. The van der Waals surface area contributed by atoms with Crippen molar-refractivity contribution in [3.8, 4) is 6.07 Å². The SMILES string of the molecule is CSC1(CNS(=O)(=O)c2ccccc2C#N)CCC1. The highest BCUT2D eigenvalue weighted by Gasteiger charge is 2.37. The van der Waals surface area contributed by atoms with E-state index in [1.165, 1.54) is 12.1 Å². The zero-order valence-corrected chi connectivity index (χ0v) is 12.4. The van der Waals surface area contributed by atoms with E-state index in [2.05, 4.69) is 4.72 Å². The molecule has 0 aliphatic heterocycles. The maximum absolute atomic E-state index is 12.2. The molecule has 6 heteroatoms. The van der Waals surface area contributed by atoms with Gasteiger partial charge in [0.15, 0.2) is 0 Å². The number of nitrogens with zero attached hydrogens (tertiary/aromatic N) is 1. The fourth-order valence-electron chi connectivity index (χ4n) is 2.12. The van der Waals surface area contributed by atoms with Crippen LogP contribution >= 0.6 is 11.8 Å². The highest BCUT2D eigenvalue weighted by molar-refractivity contribution is 8.00. The van der Waals surface area contributed by atoms with Crippen molar-refractivity contribution >= 4 is 21.8 Å². The number of nitriles is 1. The minimum atomic E-state index is -3.61. The van der Waals surface area contributed by atoms with E-state index in [1.54, 1.807) is 23.9 Å². The van der Waals surface area contributed by atoms with Gasteiger partial charge in [-0.2, -0.15) is 17.0 Å². The van der Waals surface area contributed by atoms with Crippen molar-refractivity contribution < 1.29 is 8.42 Å². The van der Waals surface area contributed by atoms with Crippen LogP contribution in [0.25, 0.3) is 0 Å². The Morgan fingerprint density at radius 1 is 1.42 bits per heavy atom. The molecule has 1 fully saturated rings. The molecule has 1 aliphatic rings. The number of benzene rings is 1. The van der Waals surface area contributed by atoms with Crippen LogP contribution in [0.2, 0.25) is 0 Å². The predicted octanol–water partition coefficient (Wildman–Crippen LogP) is 2.12. The summed E-state index contributed by atoms with van der Waals surface area (Å²) < 4.78 is 27.2. The van der Waals surface area contributed by atoms with E-state index in [4.69, 9.17) is 5.26 Å². The maximum atomic E-state index is 12.2. The van der Waals surface area contributed by atoms with Crippen molar-refractivity contribution in [3.05, 3.63) is 29.8 Å². The number of hydrogen-bond acceptors (Lipinski definition) is 4. The fourth-order valence-corrected chi connectivity index (χ4v) is 4.41. The monoisotopic (exact) mass is 296 g/mol. The molecule has 2 rings (SSSR count). The average Bonchev–Trinajstić information content (AvgIpc) is 2.38. The van der Waals surface area contributed by atoms with E-state index < -0.39 is 10.0 Å². The molecule has 1 aliphatic carbocycles. The fraction of sp³-hybridized carbons (Fsp3) is 0.462. The number of nitrogens with one attached hydrogen (secondary N) is 1. The van der Waals surface area contributed by atoms with Crippen molar-refractivity contribution in [2.75, 3.05) is 12.8 Å². The molecule has 0 amide bonds. The Balaban J connectivity index is 2.17. The largest absolute Gasteiger partial charge is 0.241 e. The van der Waals surface area contributed by atoms with Gasteiger partial charge in [-0.25, -0.2) is 13.1 Å². The minimum absolute atomic E-state index is 0.0364. The average molecular weight is 296 g/mol. The molecule has 1 saturated carbocycles. The molecule has 1 N–H and O–H groups in total. The first-order valence-electron chi connectivity index (χ1n) is 6.07. The maximum Gasteiger partial charge on any atom is 0.241 e. The molecule has 0 bridgehead atoms. The van der Waals surface area contributed by atoms with Crippen LogP contribution in [0.5, 0.6) is 0 Å². The second kappa shape index (κ2) is 5.53. The number of rotatable bonds is 5. The van der Waals surface area contributed by atoms with Crippen LogP contribution in [0.4, 0.5) is 0 Å². The Morgan fingerprint density at radius 3 is 2.63 bits per heavy atom. The second-order valence-electron chi connectivity index (χ2n) is 4.67. The van der Waals surface area contributed by atoms with E-state index in [-0.39, 0.29) is 15.2 Å². The topological polar surface area (TPSA) is 70.0 Å². The quantitative estimate of drug-likeness (QED) is 0.903. The summed E-state index contributed by atoms with van der Waals surface area (Å²) in [6, 6.07) is 8.19. The summed E-state index contributed by atoms with van der Waals surface area (Å²) >= 11 is 1.71. The van der Waals surface area contributed by atoms with Gasteiger partial charge >= 0.3 is 0 Å². The molecule has 1 aromatic rings. The molecule has 0 heterocycles. The van der Waals surface area contributed by atoms with Gasteiger partial charge in [0.2, 0.25) is 10.0 Å². The van der Waals surface area contributed by atoms with Gasteiger partial charge < -0.3 is 0 Å². The Kier molecular flexibility index (Phi) is 4.19. The third-order valence-corrected chi connectivity index (χ3v) is 6.46. The van der Waals surface area contributed by atoms with Crippen molar-refractivity contribution in [3.63, 3.8) is 0 Å². The van der Waals surface area contributed by atoms with Crippen LogP contribution in [0.3, 0.4) is 0 Å². The molecule has 19 heavy (non-hydrogen) atoms. The van der Waals surface area contributed by atoms with Crippen molar-refractivity contribution in [2.45, 2.75) is 28.9 Å². The van der Waals surface area contributed by atoms with Crippen LogP contribution in [-0.2, 0) is 10.0 Å².